The number of piperidine rings is 1. The number of hydrogen-bond donors (Lipinski definition) is 0. The van der Waals surface area contributed by atoms with E-state index in [1.807, 2.05) is 0 Å². The van der Waals surface area contributed by atoms with Crippen molar-refractivity contribution in [3.05, 3.63) is 10.7 Å². The molecular formula is C13H21N3O3S2. The third kappa shape index (κ3) is 3.92. The van der Waals surface area contributed by atoms with Gasteiger partial charge in [0.1, 0.15) is 0 Å². The molecule has 118 valence electrons. The standard InChI is InChI=1S/C13H21N3O3S2/c17-21(18)7-4-11(9-21)8-12-14-16(13(20)19-12)10-15-5-2-1-3-6-15/h11H,1-10H2/t11-/m1/s1. The molecule has 0 amide bonds. The highest BCUT2D eigenvalue weighted by Gasteiger charge is 2.29. The lowest BCUT2D eigenvalue weighted by Crippen LogP contribution is -2.32. The van der Waals surface area contributed by atoms with Gasteiger partial charge in [0.2, 0.25) is 5.89 Å². The fourth-order valence-electron chi connectivity index (χ4n) is 3.09. The molecule has 0 radical (unpaired) electrons. The van der Waals surface area contributed by atoms with Crippen molar-refractivity contribution in [1.29, 1.82) is 0 Å². The molecular weight excluding hydrogens is 310 g/mol. The Bertz CT molecular complexity index is 644. The normalized spacial score (nSPS) is 26.2. The largest absolute Gasteiger partial charge is 0.414 e. The molecule has 0 bridgehead atoms. The molecule has 0 N–H and O–H groups in total. The Hall–Kier alpha value is -0.730. The number of sulfone groups is 1. The first-order chi connectivity index (χ1) is 10.0. The molecule has 0 aromatic carbocycles. The van der Waals surface area contributed by atoms with Crippen molar-refractivity contribution in [3.8, 4) is 0 Å². The molecule has 1 aromatic rings. The van der Waals surface area contributed by atoms with Crippen molar-refractivity contribution in [1.82, 2.24) is 14.7 Å². The number of aromatic nitrogens is 2. The van der Waals surface area contributed by atoms with Crippen LogP contribution in [0.4, 0.5) is 0 Å². The second kappa shape index (κ2) is 6.18. The molecule has 0 unspecified atom stereocenters. The highest BCUT2D eigenvalue weighted by molar-refractivity contribution is 7.91. The third-order valence-electron chi connectivity index (χ3n) is 4.22. The summed E-state index contributed by atoms with van der Waals surface area (Å²) in [5, 5.41) is 4.42. The van der Waals surface area contributed by atoms with Crippen molar-refractivity contribution >= 4 is 22.1 Å². The van der Waals surface area contributed by atoms with E-state index in [4.69, 9.17) is 16.6 Å². The van der Waals surface area contributed by atoms with Gasteiger partial charge in [0.05, 0.1) is 18.2 Å². The van der Waals surface area contributed by atoms with E-state index in [-0.39, 0.29) is 17.4 Å². The van der Waals surface area contributed by atoms with E-state index in [1.165, 1.54) is 19.3 Å². The summed E-state index contributed by atoms with van der Waals surface area (Å²) in [6, 6.07) is 0. The minimum atomic E-state index is -2.85. The fourth-order valence-corrected chi connectivity index (χ4v) is 5.15. The summed E-state index contributed by atoms with van der Waals surface area (Å²) >= 11 is 5.22. The SMILES string of the molecule is O=S1(=O)CC[C@H](Cc2nn(CN3CCCCC3)c(=S)o2)C1. The van der Waals surface area contributed by atoms with E-state index >= 15 is 0 Å². The summed E-state index contributed by atoms with van der Waals surface area (Å²) in [4.78, 5) is 2.71. The zero-order valence-corrected chi connectivity index (χ0v) is 13.7. The zero-order valence-electron chi connectivity index (χ0n) is 12.0. The molecule has 2 fully saturated rings. The molecule has 0 saturated carbocycles. The van der Waals surface area contributed by atoms with E-state index < -0.39 is 9.84 Å². The highest BCUT2D eigenvalue weighted by atomic mass is 32.2. The highest BCUT2D eigenvalue weighted by Crippen LogP contribution is 2.22. The maximum atomic E-state index is 11.5. The number of likely N-dealkylation sites (tertiary alicyclic amines) is 1. The van der Waals surface area contributed by atoms with Crippen LogP contribution in [-0.2, 0) is 22.9 Å². The van der Waals surface area contributed by atoms with Gasteiger partial charge in [0.25, 0.3) is 4.84 Å². The average Bonchev–Trinajstić information content (AvgIpc) is 2.94. The lowest BCUT2D eigenvalue weighted by Gasteiger charge is -2.25. The molecule has 1 aromatic heterocycles. The van der Waals surface area contributed by atoms with Crippen LogP contribution >= 0.6 is 12.2 Å². The first-order valence-corrected chi connectivity index (χ1v) is 9.74. The molecule has 6 nitrogen and oxygen atoms in total. The molecule has 2 aliphatic rings. The molecule has 0 spiro atoms. The first kappa shape index (κ1) is 15.2. The maximum absolute atomic E-state index is 11.5. The lowest BCUT2D eigenvalue weighted by molar-refractivity contribution is 0.170. The van der Waals surface area contributed by atoms with Gasteiger partial charge in [0, 0.05) is 6.42 Å². The van der Waals surface area contributed by atoms with E-state index in [0.717, 1.165) is 13.1 Å². The summed E-state index contributed by atoms with van der Waals surface area (Å²) in [5.41, 5.74) is 0. The van der Waals surface area contributed by atoms with Gasteiger partial charge in [-0.15, -0.1) is 5.10 Å². The Morgan fingerprint density at radius 1 is 1.29 bits per heavy atom. The summed E-state index contributed by atoms with van der Waals surface area (Å²) in [5.74, 6) is 1.21. The molecule has 1 atom stereocenters. The molecule has 3 heterocycles. The van der Waals surface area contributed by atoms with Gasteiger partial charge in [-0.05, 0) is 50.5 Å². The van der Waals surface area contributed by atoms with Crippen molar-refractivity contribution < 1.29 is 12.8 Å². The Labute approximate surface area is 130 Å². The Morgan fingerprint density at radius 3 is 2.71 bits per heavy atom. The predicted molar refractivity (Wildman–Crippen MR) is 81.2 cm³/mol. The number of nitrogens with zero attached hydrogens (tertiary/aromatic N) is 3. The monoisotopic (exact) mass is 331 g/mol. The number of hydrogen-bond acceptors (Lipinski definition) is 6. The summed E-state index contributed by atoms with van der Waals surface area (Å²) in [6.07, 6.45) is 5.00. The van der Waals surface area contributed by atoms with Crippen molar-refractivity contribution in [2.45, 2.75) is 38.8 Å². The Kier molecular flexibility index (Phi) is 4.46. The van der Waals surface area contributed by atoms with Crippen LogP contribution in [0.25, 0.3) is 0 Å². The molecule has 2 saturated heterocycles. The van der Waals surface area contributed by atoms with Gasteiger partial charge in [-0.25, -0.2) is 13.1 Å². The van der Waals surface area contributed by atoms with Crippen LogP contribution in [0.3, 0.4) is 0 Å². The van der Waals surface area contributed by atoms with Crippen molar-refractivity contribution in [3.63, 3.8) is 0 Å². The zero-order chi connectivity index (χ0) is 14.9. The second-order valence-electron chi connectivity index (χ2n) is 6.05. The molecule has 21 heavy (non-hydrogen) atoms. The van der Waals surface area contributed by atoms with Gasteiger partial charge in [-0.3, -0.25) is 4.90 Å². The first-order valence-electron chi connectivity index (χ1n) is 7.51. The summed E-state index contributed by atoms with van der Waals surface area (Å²) in [7, 11) is -2.85. The van der Waals surface area contributed by atoms with Gasteiger partial charge >= 0.3 is 0 Å². The predicted octanol–water partition coefficient (Wildman–Crippen LogP) is 1.63. The fraction of sp³-hybridized carbons (Fsp3) is 0.846. The lowest BCUT2D eigenvalue weighted by atomic mass is 10.1. The van der Waals surface area contributed by atoms with Gasteiger partial charge in [-0.2, -0.15) is 0 Å². The molecule has 2 aliphatic heterocycles. The molecule has 8 heteroatoms. The van der Waals surface area contributed by atoms with Crippen LogP contribution in [0.15, 0.2) is 4.42 Å². The van der Waals surface area contributed by atoms with E-state index in [0.29, 0.717) is 30.2 Å². The molecule has 3 rings (SSSR count). The third-order valence-corrected chi connectivity index (χ3v) is 6.35. The van der Waals surface area contributed by atoms with Gasteiger partial charge < -0.3 is 4.42 Å². The second-order valence-corrected chi connectivity index (χ2v) is 8.63. The maximum Gasteiger partial charge on any atom is 0.288 e. The van der Waals surface area contributed by atoms with Crippen molar-refractivity contribution in [2.75, 3.05) is 24.6 Å². The topological polar surface area (TPSA) is 68.3 Å². The van der Waals surface area contributed by atoms with Crippen LogP contribution in [0, 0.1) is 10.8 Å². The van der Waals surface area contributed by atoms with Crippen molar-refractivity contribution in [2.24, 2.45) is 5.92 Å². The van der Waals surface area contributed by atoms with Crippen LogP contribution in [0.5, 0.6) is 0 Å². The Morgan fingerprint density at radius 2 is 2.05 bits per heavy atom. The van der Waals surface area contributed by atoms with Gasteiger partial charge in [0.15, 0.2) is 9.84 Å². The van der Waals surface area contributed by atoms with Crippen LogP contribution in [0.1, 0.15) is 31.6 Å². The van der Waals surface area contributed by atoms with E-state index in [2.05, 4.69) is 10.00 Å². The quantitative estimate of drug-likeness (QED) is 0.781. The smallest absolute Gasteiger partial charge is 0.288 e. The average molecular weight is 331 g/mol. The van der Waals surface area contributed by atoms with E-state index in [1.54, 1.807) is 4.68 Å². The summed E-state index contributed by atoms with van der Waals surface area (Å²) in [6.45, 7) is 2.82. The van der Waals surface area contributed by atoms with E-state index in [9.17, 15) is 8.42 Å². The number of rotatable bonds is 4. The molecule has 0 aliphatic carbocycles. The Balaban J connectivity index is 1.62. The minimum Gasteiger partial charge on any atom is -0.414 e. The van der Waals surface area contributed by atoms with Gasteiger partial charge in [-0.1, -0.05) is 6.42 Å². The summed E-state index contributed by atoms with van der Waals surface area (Å²) < 4.78 is 30.2. The van der Waals surface area contributed by atoms with Crippen LogP contribution < -0.4 is 0 Å². The van der Waals surface area contributed by atoms with Crippen LogP contribution in [0.2, 0.25) is 0 Å². The van der Waals surface area contributed by atoms with Crippen LogP contribution in [-0.4, -0.2) is 47.7 Å². The minimum absolute atomic E-state index is 0.117.